The molecule has 0 saturated carbocycles. The molecule has 0 fully saturated rings. The number of anilines is 2. The quantitative estimate of drug-likeness (QED) is 0.341. The first-order chi connectivity index (χ1) is 10.1. The lowest BCUT2D eigenvalue weighted by molar-refractivity contribution is 0.636. The van der Waals surface area contributed by atoms with Gasteiger partial charge in [0.05, 0.1) is 34.2 Å². The highest BCUT2D eigenvalue weighted by Crippen LogP contribution is 2.51. The van der Waals surface area contributed by atoms with E-state index in [4.69, 9.17) is 0 Å². The van der Waals surface area contributed by atoms with Crippen molar-refractivity contribution in [2.24, 2.45) is 0 Å². The van der Waals surface area contributed by atoms with Crippen molar-refractivity contribution < 1.29 is 0 Å². The highest BCUT2D eigenvalue weighted by atomic mass is 127. The standard InChI is InChI=1S/C19H16IN/c1-19(2)15-9-5-6-10-17(15)21(20)18-12-14-8-4-3-7-13(14)11-16(18)19/h3-12H,1-2H3. The van der Waals surface area contributed by atoms with Gasteiger partial charge in [-0.15, -0.1) is 0 Å². The predicted octanol–water partition coefficient (Wildman–Crippen LogP) is 5.97. The van der Waals surface area contributed by atoms with E-state index in [1.807, 2.05) is 0 Å². The lowest BCUT2D eigenvalue weighted by atomic mass is 9.74. The predicted molar refractivity (Wildman–Crippen MR) is 98.7 cm³/mol. The highest BCUT2D eigenvalue weighted by molar-refractivity contribution is 14.1. The van der Waals surface area contributed by atoms with Gasteiger partial charge in [0.1, 0.15) is 0 Å². The Balaban J connectivity index is 2.08. The second-order valence-electron chi connectivity index (χ2n) is 6.14. The Labute approximate surface area is 139 Å². The summed E-state index contributed by atoms with van der Waals surface area (Å²) in [5, 5.41) is 2.61. The van der Waals surface area contributed by atoms with E-state index in [0.717, 1.165) is 0 Å². The van der Waals surface area contributed by atoms with Crippen LogP contribution in [0.1, 0.15) is 25.0 Å². The van der Waals surface area contributed by atoms with Crippen LogP contribution in [-0.2, 0) is 5.41 Å². The Hall–Kier alpha value is -1.55. The summed E-state index contributed by atoms with van der Waals surface area (Å²) in [6.07, 6.45) is 0. The molecular weight excluding hydrogens is 369 g/mol. The van der Waals surface area contributed by atoms with Gasteiger partial charge >= 0.3 is 0 Å². The molecule has 0 aromatic heterocycles. The number of benzene rings is 3. The van der Waals surface area contributed by atoms with E-state index in [1.165, 1.54) is 33.3 Å². The summed E-state index contributed by atoms with van der Waals surface area (Å²) in [4.78, 5) is 0. The van der Waals surface area contributed by atoms with E-state index in [2.05, 4.69) is 100 Å². The Morgan fingerprint density at radius 2 is 1.38 bits per heavy atom. The number of halogens is 1. The van der Waals surface area contributed by atoms with Crippen LogP contribution in [0.15, 0.2) is 60.7 Å². The van der Waals surface area contributed by atoms with Crippen LogP contribution in [0.25, 0.3) is 10.8 Å². The van der Waals surface area contributed by atoms with Crippen LogP contribution in [0.2, 0.25) is 0 Å². The zero-order valence-corrected chi connectivity index (χ0v) is 14.3. The molecule has 104 valence electrons. The van der Waals surface area contributed by atoms with Crippen molar-refractivity contribution in [1.82, 2.24) is 0 Å². The molecule has 1 aliphatic heterocycles. The summed E-state index contributed by atoms with van der Waals surface area (Å²) < 4.78 is 2.29. The molecule has 2 heteroatoms. The van der Waals surface area contributed by atoms with Gasteiger partial charge in [-0.3, -0.25) is 3.11 Å². The third-order valence-corrected chi connectivity index (χ3v) is 5.58. The molecule has 3 aromatic rings. The van der Waals surface area contributed by atoms with Gasteiger partial charge < -0.3 is 0 Å². The zero-order valence-electron chi connectivity index (χ0n) is 12.1. The molecule has 0 atom stereocenters. The molecule has 3 aromatic carbocycles. The first-order valence-corrected chi connectivity index (χ1v) is 8.14. The fourth-order valence-corrected chi connectivity index (χ4v) is 4.16. The van der Waals surface area contributed by atoms with E-state index in [-0.39, 0.29) is 5.41 Å². The van der Waals surface area contributed by atoms with Gasteiger partial charge in [-0.05, 0) is 40.1 Å². The topological polar surface area (TPSA) is 3.24 Å². The van der Waals surface area contributed by atoms with Crippen LogP contribution >= 0.6 is 22.9 Å². The van der Waals surface area contributed by atoms with Crippen molar-refractivity contribution in [3.63, 3.8) is 0 Å². The zero-order chi connectivity index (χ0) is 14.6. The van der Waals surface area contributed by atoms with Crippen molar-refractivity contribution in [1.29, 1.82) is 0 Å². The summed E-state index contributed by atoms with van der Waals surface area (Å²) in [6, 6.07) is 22.0. The van der Waals surface area contributed by atoms with Gasteiger partial charge in [0.2, 0.25) is 0 Å². The Kier molecular flexibility index (Phi) is 2.80. The van der Waals surface area contributed by atoms with Crippen LogP contribution in [-0.4, -0.2) is 0 Å². The number of rotatable bonds is 0. The lowest BCUT2D eigenvalue weighted by Gasteiger charge is -2.39. The Morgan fingerprint density at radius 1 is 0.762 bits per heavy atom. The highest BCUT2D eigenvalue weighted by Gasteiger charge is 2.35. The molecule has 0 N–H and O–H groups in total. The average Bonchev–Trinajstić information content (AvgIpc) is 2.52. The lowest BCUT2D eigenvalue weighted by Crippen LogP contribution is -2.28. The second-order valence-corrected chi connectivity index (χ2v) is 7.10. The summed E-state index contributed by atoms with van der Waals surface area (Å²) in [5.41, 5.74) is 5.41. The Morgan fingerprint density at radius 3 is 2.14 bits per heavy atom. The van der Waals surface area contributed by atoms with Gasteiger partial charge in [-0.2, -0.15) is 0 Å². The van der Waals surface area contributed by atoms with Crippen LogP contribution in [0.4, 0.5) is 11.4 Å². The molecule has 0 saturated heterocycles. The van der Waals surface area contributed by atoms with E-state index < -0.39 is 0 Å². The molecule has 0 radical (unpaired) electrons. The maximum Gasteiger partial charge on any atom is 0.0646 e. The van der Waals surface area contributed by atoms with Crippen molar-refractivity contribution in [3.8, 4) is 0 Å². The molecule has 21 heavy (non-hydrogen) atoms. The Bertz CT molecular complexity index is 851. The van der Waals surface area contributed by atoms with Gasteiger partial charge in [-0.1, -0.05) is 56.3 Å². The van der Waals surface area contributed by atoms with Crippen molar-refractivity contribution in [2.75, 3.05) is 3.11 Å². The molecular formula is C19H16IN. The van der Waals surface area contributed by atoms with Crippen molar-refractivity contribution in [2.45, 2.75) is 19.3 Å². The average molecular weight is 385 g/mol. The van der Waals surface area contributed by atoms with Gasteiger partial charge in [0.25, 0.3) is 0 Å². The summed E-state index contributed by atoms with van der Waals surface area (Å²) in [5.74, 6) is 0. The summed E-state index contributed by atoms with van der Waals surface area (Å²) in [7, 11) is 0. The second kappa shape index (κ2) is 4.47. The monoisotopic (exact) mass is 385 g/mol. The van der Waals surface area contributed by atoms with E-state index in [0.29, 0.717) is 0 Å². The molecule has 0 spiro atoms. The normalized spacial score (nSPS) is 15.7. The molecule has 0 amide bonds. The third-order valence-electron chi connectivity index (χ3n) is 4.54. The van der Waals surface area contributed by atoms with Crippen LogP contribution < -0.4 is 3.11 Å². The SMILES string of the molecule is CC1(C)c2ccccc2N(I)c2cc3ccccc3cc21. The largest absolute Gasteiger partial charge is 0.282 e. The van der Waals surface area contributed by atoms with Crippen LogP contribution in [0, 0.1) is 0 Å². The van der Waals surface area contributed by atoms with Crippen LogP contribution in [0.5, 0.6) is 0 Å². The molecule has 1 nitrogen and oxygen atoms in total. The molecule has 1 heterocycles. The summed E-state index contributed by atoms with van der Waals surface area (Å²) >= 11 is 2.42. The third kappa shape index (κ3) is 1.81. The minimum atomic E-state index is 0.0254. The minimum absolute atomic E-state index is 0.0254. The summed E-state index contributed by atoms with van der Waals surface area (Å²) in [6.45, 7) is 4.64. The maximum absolute atomic E-state index is 2.42. The number of hydrogen-bond acceptors (Lipinski definition) is 1. The van der Waals surface area contributed by atoms with E-state index in [9.17, 15) is 0 Å². The van der Waals surface area contributed by atoms with E-state index >= 15 is 0 Å². The fourth-order valence-electron chi connectivity index (χ4n) is 3.34. The number of hydrogen-bond donors (Lipinski definition) is 0. The van der Waals surface area contributed by atoms with E-state index in [1.54, 1.807) is 0 Å². The maximum atomic E-state index is 2.42. The van der Waals surface area contributed by atoms with Gasteiger partial charge in [0.15, 0.2) is 0 Å². The first-order valence-electron chi connectivity index (χ1n) is 7.18. The molecule has 0 unspecified atom stereocenters. The van der Waals surface area contributed by atoms with Crippen molar-refractivity contribution >= 4 is 45.0 Å². The molecule has 0 bridgehead atoms. The van der Waals surface area contributed by atoms with Gasteiger partial charge in [0, 0.05) is 5.41 Å². The molecule has 4 rings (SSSR count). The minimum Gasteiger partial charge on any atom is -0.282 e. The van der Waals surface area contributed by atoms with Crippen molar-refractivity contribution in [3.05, 3.63) is 71.8 Å². The van der Waals surface area contributed by atoms with Crippen LogP contribution in [0.3, 0.4) is 0 Å². The first kappa shape index (κ1) is 13.1. The number of fused-ring (bicyclic) bond motifs is 3. The molecule has 0 aliphatic carbocycles. The fraction of sp³-hybridized carbons (Fsp3) is 0.158. The molecule has 1 aliphatic rings. The van der Waals surface area contributed by atoms with Gasteiger partial charge in [-0.25, -0.2) is 0 Å². The number of nitrogens with zero attached hydrogens (tertiary/aromatic N) is 1. The number of para-hydroxylation sites is 1. The smallest absolute Gasteiger partial charge is 0.0646 e.